The largest absolute Gasteiger partial charge is 0.353 e. The lowest BCUT2D eigenvalue weighted by atomic mass is 9.99. The molecule has 0 saturated carbocycles. The van der Waals surface area contributed by atoms with Gasteiger partial charge in [-0.25, -0.2) is 0 Å². The normalized spacial score (nSPS) is 28.4. The maximum atomic E-state index is 12.0. The summed E-state index contributed by atoms with van der Waals surface area (Å²) in [5, 5.41) is 7.53. The van der Waals surface area contributed by atoms with E-state index in [1.165, 1.54) is 12.8 Å². The molecule has 1 aromatic rings. The van der Waals surface area contributed by atoms with Crippen LogP contribution in [-0.4, -0.2) is 24.0 Å². The van der Waals surface area contributed by atoms with E-state index in [4.69, 9.17) is 11.6 Å². The Balaban J connectivity index is 1.44. The van der Waals surface area contributed by atoms with Crippen LogP contribution < -0.4 is 10.6 Å². The molecule has 4 heteroatoms. The third-order valence-electron chi connectivity index (χ3n) is 4.39. The van der Waals surface area contributed by atoms with Gasteiger partial charge in [0, 0.05) is 29.6 Å². The number of hydrogen-bond donors (Lipinski definition) is 2. The molecule has 2 aliphatic rings. The van der Waals surface area contributed by atoms with Crippen LogP contribution in [0.4, 0.5) is 0 Å². The molecule has 2 heterocycles. The van der Waals surface area contributed by atoms with Gasteiger partial charge in [0.05, 0.1) is 0 Å². The lowest BCUT2D eigenvalue weighted by Gasteiger charge is -2.29. The van der Waals surface area contributed by atoms with Crippen LogP contribution in [-0.2, 0) is 11.2 Å². The third kappa shape index (κ3) is 3.53. The Labute approximate surface area is 125 Å². The van der Waals surface area contributed by atoms with Gasteiger partial charge in [-0.05, 0) is 49.8 Å². The zero-order chi connectivity index (χ0) is 13.9. The molecule has 0 spiro atoms. The van der Waals surface area contributed by atoms with Gasteiger partial charge in [-0.1, -0.05) is 23.7 Å². The van der Waals surface area contributed by atoms with Gasteiger partial charge in [-0.3, -0.25) is 4.79 Å². The Morgan fingerprint density at radius 3 is 2.50 bits per heavy atom. The average molecular weight is 293 g/mol. The molecule has 2 saturated heterocycles. The molecule has 2 N–H and O–H groups in total. The summed E-state index contributed by atoms with van der Waals surface area (Å²) in [6, 6.07) is 9.33. The number of rotatable bonds is 4. The maximum absolute atomic E-state index is 12.0. The van der Waals surface area contributed by atoms with Gasteiger partial charge in [-0.15, -0.1) is 0 Å². The van der Waals surface area contributed by atoms with Crippen molar-refractivity contribution in [1.82, 2.24) is 10.6 Å². The first kappa shape index (κ1) is 13.9. The van der Waals surface area contributed by atoms with E-state index < -0.39 is 0 Å². The van der Waals surface area contributed by atoms with Crippen LogP contribution in [0.15, 0.2) is 24.3 Å². The smallest absolute Gasteiger partial charge is 0.220 e. The zero-order valence-electron chi connectivity index (χ0n) is 11.6. The van der Waals surface area contributed by atoms with Crippen LogP contribution in [0.25, 0.3) is 0 Å². The van der Waals surface area contributed by atoms with Crippen molar-refractivity contribution in [2.45, 2.75) is 56.7 Å². The Kier molecular flexibility index (Phi) is 4.27. The molecule has 1 aromatic carbocycles. The molecule has 20 heavy (non-hydrogen) atoms. The molecule has 2 unspecified atom stereocenters. The third-order valence-corrected chi connectivity index (χ3v) is 4.64. The van der Waals surface area contributed by atoms with Crippen molar-refractivity contribution in [3.63, 3.8) is 0 Å². The number of carbonyl (C=O) groups excluding carboxylic acids is 1. The number of benzene rings is 1. The topological polar surface area (TPSA) is 41.1 Å². The van der Waals surface area contributed by atoms with Crippen LogP contribution in [0.5, 0.6) is 0 Å². The molecular formula is C16H21ClN2O. The predicted molar refractivity (Wildman–Crippen MR) is 80.9 cm³/mol. The summed E-state index contributed by atoms with van der Waals surface area (Å²) in [6.45, 7) is 0. The quantitative estimate of drug-likeness (QED) is 0.896. The minimum absolute atomic E-state index is 0.172. The number of halogens is 1. The van der Waals surface area contributed by atoms with Crippen LogP contribution in [0.3, 0.4) is 0 Å². The molecule has 0 aromatic heterocycles. The molecule has 1 amide bonds. The highest BCUT2D eigenvalue weighted by atomic mass is 35.5. The summed E-state index contributed by atoms with van der Waals surface area (Å²) < 4.78 is 0. The SMILES string of the molecule is O=C(CCc1ccc(Cl)cc1)NC1CC2CCC(C1)N2. The lowest BCUT2D eigenvalue weighted by Crippen LogP contribution is -2.48. The van der Waals surface area contributed by atoms with Gasteiger partial charge in [0.2, 0.25) is 5.91 Å². The van der Waals surface area contributed by atoms with Crippen LogP contribution in [0.1, 0.15) is 37.7 Å². The van der Waals surface area contributed by atoms with Gasteiger partial charge < -0.3 is 10.6 Å². The van der Waals surface area contributed by atoms with E-state index in [9.17, 15) is 4.79 Å². The fourth-order valence-electron chi connectivity index (χ4n) is 3.38. The first-order valence-electron chi connectivity index (χ1n) is 7.49. The predicted octanol–water partition coefficient (Wildman–Crippen LogP) is 2.67. The molecule has 2 atom stereocenters. The second-order valence-corrected chi connectivity index (χ2v) is 6.44. The standard InChI is InChI=1S/C16H21ClN2O/c17-12-4-1-11(2-5-12)3-8-16(20)19-15-9-13-6-7-14(10-15)18-13/h1-2,4-5,13-15,18H,3,6-10H2,(H,19,20). The van der Waals surface area contributed by atoms with Crippen LogP contribution in [0, 0.1) is 0 Å². The molecular weight excluding hydrogens is 272 g/mol. The molecule has 108 valence electrons. The molecule has 3 rings (SSSR count). The highest BCUT2D eigenvalue weighted by Crippen LogP contribution is 2.26. The second-order valence-electron chi connectivity index (χ2n) is 6.00. The fourth-order valence-corrected chi connectivity index (χ4v) is 3.51. The summed E-state index contributed by atoms with van der Waals surface area (Å²) in [5.74, 6) is 0.172. The van der Waals surface area contributed by atoms with E-state index in [1.807, 2.05) is 24.3 Å². The number of amides is 1. The number of fused-ring (bicyclic) bond motifs is 2. The number of nitrogens with one attached hydrogen (secondary N) is 2. The van der Waals surface area contributed by atoms with E-state index in [-0.39, 0.29) is 5.91 Å². The van der Waals surface area contributed by atoms with Gasteiger partial charge in [0.1, 0.15) is 0 Å². The Hall–Kier alpha value is -1.06. The lowest BCUT2D eigenvalue weighted by molar-refractivity contribution is -0.122. The highest BCUT2D eigenvalue weighted by Gasteiger charge is 2.33. The number of piperidine rings is 1. The number of aryl methyl sites for hydroxylation is 1. The number of hydrogen-bond acceptors (Lipinski definition) is 2. The van der Waals surface area contributed by atoms with Gasteiger partial charge >= 0.3 is 0 Å². The summed E-state index contributed by atoms with van der Waals surface area (Å²) in [5.41, 5.74) is 1.16. The fraction of sp³-hybridized carbons (Fsp3) is 0.562. The molecule has 0 radical (unpaired) electrons. The van der Waals surface area contributed by atoms with Crippen molar-refractivity contribution in [2.24, 2.45) is 0 Å². The average Bonchev–Trinajstić information content (AvgIpc) is 2.77. The summed E-state index contributed by atoms with van der Waals surface area (Å²) in [4.78, 5) is 12.0. The van der Waals surface area contributed by atoms with Crippen molar-refractivity contribution in [2.75, 3.05) is 0 Å². The molecule has 2 bridgehead atoms. The van der Waals surface area contributed by atoms with Crippen molar-refractivity contribution in [3.05, 3.63) is 34.9 Å². The van der Waals surface area contributed by atoms with Crippen molar-refractivity contribution >= 4 is 17.5 Å². The van der Waals surface area contributed by atoms with Gasteiger partial charge in [-0.2, -0.15) is 0 Å². The van der Waals surface area contributed by atoms with E-state index in [0.717, 1.165) is 29.8 Å². The first-order chi connectivity index (χ1) is 9.69. The second kappa shape index (κ2) is 6.15. The molecule has 0 aliphatic carbocycles. The van der Waals surface area contributed by atoms with E-state index in [0.29, 0.717) is 24.5 Å². The van der Waals surface area contributed by atoms with Gasteiger partial charge in [0.15, 0.2) is 0 Å². The van der Waals surface area contributed by atoms with Crippen molar-refractivity contribution in [1.29, 1.82) is 0 Å². The summed E-state index contributed by atoms with van der Waals surface area (Å²) in [7, 11) is 0. The van der Waals surface area contributed by atoms with Crippen molar-refractivity contribution in [3.8, 4) is 0 Å². The Bertz CT molecular complexity index is 462. The van der Waals surface area contributed by atoms with Crippen LogP contribution in [0.2, 0.25) is 5.02 Å². The number of carbonyl (C=O) groups is 1. The Morgan fingerprint density at radius 1 is 1.20 bits per heavy atom. The highest BCUT2D eigenvalue weighted by molar-refractivity contribution is 6.30. The van der Waals surface area contributed by atoms with E-state index >= 15 is 0 Å². The van der Waals surface area contributed by atoms with Crippen LogP contribution >= 0.6 is 11.6 Å². The molecule has 3 nitrogen and oxygen atoms in total. The molecule has 2 fully saturated rings. The monoisotopic (exact) mass is 292 g/mol. The maximum Gasteiger partial charge on any atom is 0.220 e. The van der Waals surface area contributed by atoms with Crippen molar-refractivity contribution < 1.29 is 4.79 Å². The summed E-state index contributed by atoms with van der Waals surface area (Å²) >= 11 is 5.85. The minimum Gasteiger partial charge on any atom is -0.353 e. The van der Waals surface area contributed by atoms with E-state index in [1.54, 1.807) is 0 Å². The molecule has 2 aliphatic heterocycles. The first-order valence-corrected chi connectivity index (χ1v) is 7.87. The van der Waals surface area contributed by atoms with E-state index in [2.05, 4.69) is 10.6 Å². The summed E-state index contributed by atoms with van der Waals surface area (Å²) in [6.07, 6.45) is 6.04. The van der Waals surface area contributed by atoms with Gasteiger partial charge in [0.25, 0.3) is 0 Å². The zero-order valence-corrected chi connectivity index (χ0v) is 12.3. The Morgan fingerprint density at radius 2 is 1.85 bits per heavy atom. The minimum atomic E-state index is 0.172.